The number of hydrogen-bond acceptors (Lipinski definition) is 4. The average Bonchev–Trinajstić information content (AvgIpc) is 2.58. The molecular weight excluding hydrogens is 381 g/mol. The molecule has 0 heterocycles. The van der Waals surface area contributed by atoms with Crippen LogP contribution in [-0.4, -0.2) is 24.7 Å². The highest BCUT2D eigenvalue weighted by atomic mass is 35.5. The van der Waals surface area contributed by atoms with Gasteiger partial charge in [-0.05, 0) is 42.3 Å². The zero-order valence-corrected chi connectivity index (χ0v) is 16.1. The van der Waals surface area contributed by atoms with Crippen molar-refractivity contribution in [1.82, 2.24) is 0 Å². The minimum atomic E-state index is -0.442. The quantitative estimate of drug-likeness (QED) is 0.699. The van der Waals surface area contributed by atoms with Crippen LogP contribution in [0, 0.1) is 6.92 Å². The maximum absolute atomic E-state index is 12.1. The van der Waals surface area contributed by atoms with Crippen molar-refractivity contribution in [3.05, 3.63) is 63.1 Å². The Bertz CT molecular complexity index is 796. The third-order valence-corrected chi connectivity index (χ3v) is 5.01. The number of carbonyl (C=O) groups excluding carboxylic acids is 2. The largest absolute Gasteiger partial charge is 0.465 e. The molecule has 2 rings (SSSR count). The molecule has 0 unspecified atom stereocenters. The van der Waals surface area contributed by atoms with Crippen LogP contribution in [0.5, 0.6) is 0 Å². The second-order valence-corrected chi connectivity index (χ2v) is 7.13. The molecule has 132 valence electrons. The fourth-order valence-electron chi connectivity index (χ4n) is 2.08. The van der Waals surface area contributed by atoms with Crippen molar-refractivity contribution < 1.29 is 14.3 Å². The van der Waals surface area contributed by atoms with Crippen molar-refractivity contribution in [1.29, 1.82) is 0 Å². The Kier molecular flexibility index (Phi) is 7.17. The first-order chi connectivity index (χ1) is 11.9. The molecule has 7 heteroatoms. The Morgan fingerprint density at radius 1 is 1.16 bits per heavy atom. The van der Waals surface area contributed by atoms with Crippen LogP contribution in [0.4, 0.5) is 5.69 Å². The van der Waals surface area contributed by atoms with Crippen LogP contribution in [0.1, 0.15) is 21.5 Å². The minimum absolute atomic E-state index is 0.153. The summed E-state index contributed by atoms with van der Waals surface area (Å²) in [6, 6.07) is 10.3. The van der Waals surface area contributed by atoms with Crippen LogP contribution in [0.25, 0.3) is 0 Å². The molecule has 0 aliphatic heterocycles. The number of carbonyl (C=O) groups is 2. The molecule has 1 N–H and O–H groups in total. The Labute approximate surface area is 160 Å². The highest BCUT2D eigenvalue weighted by Gasteiger charge is 2.11. The van der Waals surface area contributed by atoms with E-state index in [0.29, 0.717) is 27.0 Å². The summed E-state index contributed by atoms with van der Waals surface area (Å²) in [6.07, 6.45) is 0. The first-order valence-corrected chi connectivity index (χ1v) is 9.32. The van der Waals surface area contributed by atoms with Crippen molar-refractivity contribution in [2.24, 2.45) is 0 Å². The van der Waals surface area contributed by atoms with Gasteiger partial charge in [0.05, 0.1) is 18.4 Å². The predicted molar refractivity (Wildman–Crippen MR) is 104 cm³/mol. The monoisotopic (exact) mass is 397 g/mol. The van der Waals surface area contributed by atoms with Crippen LogP contribution in [0.2, 0.25) is 10.0 Å². The van der Waals surface area contributed by atoms with Crippen LogP contribution in [0.15, 0.2) is 36.4 Å². The third-order valence-electron chi connectivity index (χ3n) is 3.44. The Hall–Kier alpha value is -1.69. The lowest BCUT2D eigenvalue weighted by Crippen LogP contribution is -2.15. The van der Waals surface area contributed by atoms with E-state index in [2.05, 4.69) is 5.32 Å². The number of methoxy groups -OCH3 is 1. The number of halogens is 2. The van der Waals surface area contributed by atoms with Crippen LogP contribution < -0.4 is 5.32 Å². The standard InChI is InChI=1S/C18H17Cl2NO3S/c1-11-3-4-12(18(23)24-2)7-16(11)21-17(22)10-25-9-13-5-6-14(19)8-15(13)20/h3-8H,9-10H2,1-2H3,(H,21,22). The number of rotatable bonds is 6. The summed E-state index contributed by atoms with van der Waals surface area (Å²) in [5.74, 6) is 0.272. The van der Waals surface area contributed by atoms with Gasteiger partial charge in [-0.15, -0.1) is 11.8 Å². The summed E-state index contributed by atoms with van der Waals surface area (Å²) < 4.78 is 4.69. The Morgan fingerprint density at radius 3 is 2.60 bits per heavy atom. The van der Waals surface area contributed by atoms with Crippen LogP contribution in [0.3, 0.4) is 0 Å². The molecule has 0 radical (unpaired) electrons. The van der Waals surface area contributed by atoms with Crippen molar-refractivity contribution in [3.8, 4) is 0 Å². The molecule has 0 bridgehead atoms. The summed E-state index contributed by atoms with van der Waals surface area (Å²) in [7, 11) is 1.32. The SMILES string of the molecule is COC(=O)c1ccc(C)c(NC(=O)CSCc2ccc(Cl)cc2Cl)c1. The molecule has 2 aromatic rings. The highest BCUT2D eigenvalue weighted by Crippen LogP contribution is 2.25. The van der Waals surface area contributed by atoms with Gasteiger partial charge < -0.3 is 10.1 Å². The average molecular weight is 398 g/mol. The number of benzene rings is 2. The van der Waals surface area contributed by atoms with E-state index in [1.165, 1.54) is 18.9 Å². The fourth-order valence-corrected chi connectivity index (χ4v) is 3.47. The topological polar surface area (TPSA) is 55.4 Å². The summed E-state index contributed by atoms with van der Waals surface area (Å²) in [4.78, 5) is 23.7. The van der Waals surface area contributed by atoms with E-state index in [9.17, 15) is 9.59 Å². The summed E-state index contributed by atoms with van der Waals surface area (Å²) in [6.45, 7) is 1.86. The Morgan fingerprint density at radius 2 is 1.92 bits per heavy atom. The lowest BCUT2D eigenvalue weighted by atomic mass is 10.1. The molecule has 0 fully saturated rings. The van der Waals surface area contributed by atoms with Gasteiger partial charge in [-0.2, -0.15) is 0 Å². The number of thioether (sulfide) groups is 1. The fraction of sp³-hybridized carbons (Fsp3) is 0.222. The highest BCUT2D eigenvalue weighted by molar-refractivity contribution is 7.99. The number of hydrogen-bond donors (Lipinski definition) is 1. The van der Waals surface area contributed by atoms with E-state index >= 15 is 0 Å². The van der Waals surface area contributed by atoms with Crippen LogP contribution in [-0.2, 0) is 15.3 Å². The van der Waals surface area contributed by atoms with Gasteiger partial charge in [0.2, 0.25) is 5.91 Å². The summed E-state index contributed by atoms with van der Waals surface area (Å²) >= 11 is 13.4. The van der Waals surface area contributed by atoms with Gasteiger partial charge in [0, 0.05) is 21.5 Å². The smallest absolute Gasteiger partial charge is 0.337 e. The van der Waals surface area contributed by atoms with E-state index in [4.69, 9.17) is 27.9 Å². The van der Waals surface area contributed by atoms with Crippen molar-refractivity contribution >= 4 is 52.5 Å². The Balaban J connectivity index is 1.93. The molecule has 0 aliphatic carbocycles. The van der Waals surface area contributed by atoms with E-state index in [1.54, 1.807) is 30.3 Å². The summed E-state index contributed by atoms with van der Waals surface area (Å²) in [5, 5.41) is 3.98. The first-order valence-electron chi connectivity index (χ1n) is 7.41. The van der Waals surface area contributed by atoms with E-state index < -0.39 is 5.97 Å². The molecule has 0 atom stereocenters. The van der Waals surface area contributed by atoms with Crippen LogP contribution >= 0.6 is 35.0 Å². The second-order valence-electron chi connectivity index (χ2n) is 5.30. The van der Waals surface area contributed by atoms with Gasteiger partial charge >= 0.3 is 5.97 Å². The van der Waals surface area contributed by atoms with E-state index in [1.807, 2.05) is 13.0 Å². The first kappa shape index (κ1) is 19.6. The van der Waals surface area contributed by atoms with Gasteiger partial charge in [0.15, 0.2) is 0 Å². The molecule has 0 spiro atoms. The van der Waals surface area contributed by atoms with Gasteiger partial charge in [0.25, 0.3) is 0 Å². The molecule has 2 aromatic carbocycles. The normalized spacial score (nSPS) is 10.4. The zero-order valence-electron chi connectivity index (χ0n) is 13.8. The van der Waals surface area contributed by atoms with Crippen molar-refractivity contribution in [3.63, 3.8) is 0 Å². The maximum atomic E-state index is 12.1. The lowest BCUT2D eigenvalue weighted by Gasteiger charge is -2.10. The number of anilines is 1. The molecule has 0 saturated heterocycles. The number of esters is 1. The van der Waals surface area contributed by atoms with Gasteiger partial charge in [-0.1, -0.05) is 35.3 Å². The molecule has 0 saturated carbocycles. The lowest BCUT2D eigenvalue weighted by molar-refractivity contribution is -0.113. The summed E-state index contributed by atoms with van der Waals surface area (Å²) in [5.41, 5.74) is 2.78. The number of ether oxygens (including phenoxy) is 1. The molecule has 25 heavy (non-hydrogen) atoms. The zero-order chi connectivity index (χ0) is 18.4. The number of aryl methyl sites for hydroxylation is 1. The minimum Gasteiger partial charge on any atom is -0.465 e. The molecule has 0 aromatic heterocycles. The second kappa shape index (κ2) is 9.13. The number of amides is 1. The molecule has 1 amide bonds. The van der Waals surface area contributed by atoms with Gasteiger partial charge in [-0.25, -0.2) is 4.79 Å². The predicted octanol–water partition coefficient (Wildman–Crippen LogP) is 4.96. The number of nitrogens with one attached hydrogen (secondary N) is 1. The van der Waals surface area contributed by atoms with Crippen molar-refractivity contribution in [2.75, 3.05) is 18.2 Å². The van der Waals surface area contributed by atoms with E-state index in [-0.39, 0.29) is 11.7 Å². The van der Waals surface area contributed by atoms with E-state index in [0.717, 1.165) is 11.1 Å². The maximum Gasteiger partial charge on any atom is 0.337 e. The molecule has 4 nitrogen and oxygen atoms in total. The third kappa shape index (κ3) is 5.66. The van der Waals surface area contributed by atoms with Gasteiger partial charge in [0.1, 0.15) is 0 Å². The van der Waals surface area contributed by atoms with Gasteiger partial charge in [-0.3, -0.25) is 4.79 Å². The van der Waals surface area contributed by atoms with Crippen molar-refractivity contribution in [2.45, 2.75) is 12.7 Å². The molecular formula is C18H17Cl2NO3S. The molecule has 0 aliphatic rings.